The molecule has 1 aliphatic carbocycles. The van der Waals surface area contributed by atoms with Gasteiger partial charge in [-0.25, -0.2) is 0 Å². The molecule has 16 heavy (non-hydrogen) atoms. The van der Waals surface area contributed by atoms with E-state index in [9.17, 15) is 8.42 Å². The zero-order valence-electron chi connectivity index (χ0n) is 9.68. The van der Waals surface area contributed by atoms with Gasteiger partial charge in [0.25, 0.3) is 10.2 Å². The highest BCUT2D eigenvalue weighted by Gasteiger charge is 2.30. The Balaban J connectivity index is 2.49. The number of ether oxygens (including phenoxy) is 1. The molecule has 0 bridgehead atoms. The Bertz CT molecular complexity index is 282. The van der Waals surface area contributed by atoms with Crippen molar-refractivity contribution in [3.05, 3.63) is 0 Å². The van der Waals surface area contributed by atoms with Crippen molar-refractivity contribution in [1.29, 1.82) is 0 Å². The van der Waals surface area contributed by atoms with Crippen molar-refractivity contribution >= 4 is 10.2 Å². The highest BCUT2D eigenvalue weighted by molar-refractivity contribution is 7.87. The molecule has 1 fully saturated rings. The van der Waals surface area contributed by atoms with Gasteiger partial charge in [-0.2, -0.15) is 17.4 Å². The summed E-state index contributed by atoms with van der Waals surface area (Å²) in [6.45, 7) is 1.71. The highest BCUT2D eigenvalue weighted by atomic mass is 32.2. The van der Waals surface area contributed by atoms with Crippen LogP contribution in [0.5, 0.6) is 0 Å². The largest absolute Gasteiger partial charge is 0.383 e. The maximum atomic E-state index is 11.9. The molecule has 0 spiro atoms. The van der Waals surface area contributed by atoms with Crippen molar-refractivity contribution in [2.24, 2.45) is 5.73 Å². The first kappa shape index (κ1) is 13.9. The van der Waals surface area contributed by atoms with Crippen LogP contribution < -0.4 is 10.5 Å². The third-order valence-electron chi connectivity index (χ3n) is 2.39. The molecular weight excluding hydrogens is 230 g/mol. The van der Waals surface area contributed by atoms with Crippen LogP contribution >= 0.6 is 0 Å². The van der Waals surface area contributed by atoms with Gasteiger partial charge in [0, 0.05) is 26.2 Å². The van der Waals surface area contributed by atoms with Crippen LogP contribution in [-0.4, -0.2) is 52.1 Å². The zero-order valence-corrected chi connectivity index (χ0v) is 10.5. The van der Waals surface area contributed by atoms with Gasteiger partial charge >= 0.3 is 0 Å². The summed E-state index contributed by atoms with van der Waals surface area (Å²) in [6.07, 6.45) is 2.54. The number of hydrogen-bond acceptors (Lipinski definition) is 4. The molecule has 96 valence electrons. The number of rotatable bonds is 9. The number of nitrogens with zero attached hydrogens (tertiary/aromatic N) is 1. The minimum Gasteiger partial charge on any atom is -0.383 e. The molecule has 6 nitrogen and oxygen atoms in total. The summed E-state index contributed by atoms with van der Waals surface area (Å²) >= 11 is 0. The van der Waals surface area contributed by atoms with E-state index < -0.39 is 10.2 Å². The van der Waals surface area contributed by atoms with Crippen LogP contribution in [0.2, 0.25) is 0 Å². The lowest BCUT2D eigenvalue weighted by Crippen LogP contribution is -2.44. The van der Waals surface area contributed by atoms with Gasteiger partial charge in [0.15, 0.2) is 0 Å². The van der Waals surface area contributed by atoms with Gasteiger partial charge in [0.1, 0.15) is 0 Å². The normalized spacial score (nSPS) is 16.9. The van der Waals surface area contributed by atoms with Crippen LogP contribution in [0.15, 0.2) is 0 Å². The minimum atomic E-state index is -3.36. The van der Waals surface area contributed by atoms with Gasteiger partial charge < -0.3 is 10.5 Å². The number of nitrogens with one attached hydrogen (secondary N) is 1. The van der Waals surface area contributed by atoms with E-state index >= 15 is 0 Å². The Kier molecular flexibility index (Phi) is 5.63. The molecule has 0 amide bonds. The maximum Gasteiger partial charge on any atom is 0.279 e. The lowest BCUT2D eigenvalue weighted by molar-refractivity contribution is 0.178. The van der Waals surface area contributed by atoms with Gasteiger partial charge in [-0.1, -0.05) is 0 Å². The van der Waals surface area contributed by atoms with E-state index in [0.717, 1.165) is 12.8 Å². The molecule has 0 aliphatic heterocycles. The smallest absolute Gasteiger partial charge is 0.279 e. The van der Waals surface area contributed by atoms with Crippen LogP contribution in [0, 0.1) is 0 Å². The average molecular weight is 251 g/mol. The lowest BCUT2D eigenvalue weighted by Gasteiger charge is -2.21. The molecule has 0 heterocycles. The summed E-state index contributed by atoms with van der Waals surface area (Å²) in [5.74, 6) is 0. The number of methoxy groups -OCH3 is 1. The molecule has 1 rings (SSSR count). The monoisotopic (exact) mass is 251 g/mol. The minimum absolute atomic E-state index is 0.132. The zero-order chi connectivity index (χ0) is 12.0. The van der Waals surface area contributed by atoms with E-state index in [1.54, 1.807) is 7.11 Å². The van der Waals surface area contributed by atoms with Gasteiger partial charge in [-0.15, -0.1) is 0 Å². The fourth-order valence-electron chi connectivity index (χ4n) is 1.30. The van der Waals surface area contributed by atoms with Crippen molar-refractivity contribution < 1.29 is 13.2 Å². The summed E-state index contributed by atoms with van der Waals surface area (Å²) in [4.78, 5) is 0. The molecule has 0 radical (unpaired) electrons. The Hall–Kier alpha value is -0.210. The van der Waals surface area contributed by atoms with Gasteiger partial charge in [-0.05, 0) is 25.8 Å². The van der Waals surface area contributed by atoms with E-state index in [1.165, 1.54) is 4.31 Å². The Morgan fingerprint density at radius 1 is 1.44 bits per heavy atom. The topological polar surface area (TPSA) is 84.7 Å². The Morgan fingerprint density at radius 2 is 2.12 bits per heavy atom. The van der Waals surface area contributed by atoms with E-state index in [1.807, 2.05) is 0 Å². The van der Waals surface area contributed by atoms with Crippen LogP contribution in [0.3, 0.4) is 0 Å². The second-order valence-electron chi connectivity index (χ2n) is 3.93. The van der Waals surface area contributed by atoms with Crippen molar-refractivity contribution in [1.82, 2.24) is 9.03 Å². The summed E-state index contributed by atoms with van der Waals surface area (Å²) in [5.41, 5.74) is 5.39. The second-order valence-corrected chi connectivity index (χ2v) is 5.63. The third kappa shape index (κ3) is 4.75. The van der Waals surface area contributed by atoms with Gasteiger partial charge in [0.05, 0.1) is 6.61 Å². The third-order valence-corrected chi connectivity index (χ3v) is 4.07. The molecule has 0 aromatic heterocycles. The van der Waals surface area contributed by atoms with Crippen molar-refractivity contribution in [2.75, 3.05) is 33.4 Å². The summed E-state index contributed by atoms with van der Waals surface area (Å²) in [5, 5.41) is 0. The van der Waals surface area contributed by atoms with Crippen LogP contribution in [0.25, 0.3) is 0 Å². The number of hydrogen-bond donors (Lipinski definition) is 2. The van der Waals surface area contributed by atoms with E-state index in [0.29, 0.717) is 32.7 Å². The first-order valence-electron chi connectivity index (χ1n) is 5.56. The molecule has 0 saturated heterocycles. The molecule has 0 aromatic rings. The molecule has 0 atom stereocenters. The molecule has 1 aliphatic rings. The molecule has 7 heteroatoms. The second kappa shape index (κ2) is 6.51. The summed E-state index contributed by atoms with van der Waals surface area (Å²) < 4.78 is 32.8. The van der Waals surface area contributed by atoms with Crippen molar-refractivity contribution in [2.45, 2.75) is 25.3 Å². The van der Waals surface area contributed by atoms with E-state index in [2.05, 4.69) is 4.72 Å². The summed E-state index contributed by atoms with van der Waals surface area (Å²) in [6, 6.07) is 0.132. The van der Waals surface area contributed by atoms with Crippen molar-refractivity contribution in [3.8, 4) is 0 Å². The SMILES string of the molecule is COCCN(CCCN)S(=O)(=O)NC1CC1. The standard InChI is InChI=1S/C9H21N3O3S/c1-15-8-7-12(6-2-5-10)16(13,14)11-9-3-4-9/h9,11H,2-8,10H2,1H3. The van der Waals surface area contributed by atoms with Crippen LogP contribution in [-0.2, 0) is 14.9 Å². The average Bonchev–Trinajstić information content (AvgIpc) is 3.00. The van der Waals surface area contributed by atoms with E-state index in [4.69, 9.17) is 10.5 Å². The number of nitrogens with two attached hydrogens (primary N) is 1. The molecule has 3 N–H and O–H groups in total. The first-order valence-corrected chi connectivity index (χ1v) is 7.00. The fourth-order valence-corrected chi connectivity index (χ4v) is 2.79. The van der Waals surface area contributed by atoms with E-state index in [-0.39, 0.29) is 6.04 Å². The van der Waals surface area contributed by atoms with Crippen molar-refractivity contribution in [3.63, 3.8) is 0 Å². The predicted octanol–water partition coefficient (Wildman–Crippen LogP) is -0.720. The quantitative estimate of drug-likeness (QED) is 0.566. The molecule has 1 saturated carbocycles. The van der Waals surface area contributed by atoms with Gasteiger partial charge in [0.2, 0.25) is 0 Å². The maximum absolute atomic E-state index is 11.9. The molecule has 0 aromatic carbocycles. The van der Waals surface area contributed by atoms with Gasteiger partial charge in [-0.3, -0.25) is 0 Å². The van der Waals surface area contributed by atoms with Crippen LogP contribution in [0.1, 0.15) is 19.3 Å². The summed E-state index contributed by atoms with van der Waals surface area (Å²) in [7, 11) is -1.80. The Morgan fingerprint density at radius 3 is 2.62 bits per heavy atom. The Labute approximate surface area is 97.3 Å². The molecule has 0 unspecified atom stereocenters. The molecular formula is C9H21N3O3S. The first-order chi connectivity index (χ1) is 7.60. The predicted molar refractivity (Wildman–Crippen MR) is 62.2 cm³/mol. The lowest BCUT2D eigenvalue weighted by atomic mass is 10.4. The highest BCUT2D eigenvalue weighted by Crippen LogP contribution is 2.20. The van der Waals surface area contributed by atoms with Crippen LogP contribution in [0.4, 0.5) is 0 Å². The fraction of sp³-hybridized carbons (Fsp3) is 1.00.